The van der Waals surface area contributed by atoms with E-state index in [4.69, 9.17) is 14.2 Å². The van der Waals surface area contributed by atoms with Crippen molar-refractivity contribution in [3.05, 3.63) is 53.7 Å². The van der Waals surface area contributed by atoms with Crippen molar-refractivity contribution in [2.75, 3.05) is 38.3 Å². The van der Waals surface area contributed by atoms with Crippen LogP contribution in [0.4, 0.5) is 5.82 Å². The molecule has 2 heterocycles. The summed E-state index contributed by atoms with van der Waals surface area (Å²) in [5, 5.41) is 2.94. The summed E-state index contributed by atoms with van der Waals surface area (Å²) in [7, 11) is 1.59. The van der Waals surface area contributed by atoms with Crippen LogP contribution in [0.15, 0.2) is 42.6 Å². The maximum atomic E-state index is 12.9. The molecule has 1 saturated heterocycles. The minimum atomic E-state index is -0.538. The van der Waals surface area contributed by atoms with Crippen molar-refractivity contribution in [3.63, 3.8) is 0 Å². The van der Waals surface area contributed by atoms with Gasteiger partial charge in [-0.15, -0.1) is 0 Å². The first-order valence-electron chi connectivity index (χ1n) is 10.4. The highest BCUT2D eigenvalue weighted by atomic mass is 16.5. The third-order valence-electron chi connectivity index (χ3n) is 4.91. The van der Waals surface area contributed by atoms with Crippen molar-refractivity contribution < 1.29 is 23.8 Å². The van der Waals surface area contributed by atoms with E-state index in [1.807, 2.05) is 18.2 Å². The maximum absolute atomic E-state index is 12.9. The number of amides is 1. The van der Waals surface area contributed by atoms with Crippen molar-refractivity contribution in [1.29, 1.82) is 0 Å². The number of nitrogens with zero attached hydrogens (tertiary/aromatic N) is 2. The first-order valence-corrected chi connectivity index (χ1v) is 10.4. The van der Waals surface area contributed by atoms with E-state index in [2.05, 4.69) is 15.2 Å². The molecule has 1 fully saturated rings. The molecule has 1 N–H and O–H groups in total. The molecular formula is C23H29N3O5. The molecule has 0 spiro atoms. The van der Waals surface area contributed by atoms with Gasteiger partial charge in [-0.25, -0.2) is 4.98 Å². The van der Waals surface area contributed by atoms with E-state index in [0.717, 1.165) is 24.5 Å². The zero-order valence-corrected chi connectivity index (χ0v) is 18.2. The number of anilines is 1. The Hall–Kier alpha value is -3.13. The topological polar surface area (TPSA) is 90.0 Å². The quantitative estimate of drug-likeness (QED) is 0.648. The number of carbonyl (C=O) groups excluding carboxylic acids is 2. The SMILES string of the molecule is COc1ccc([C@@H](CC(=O)OC(C)C)NC(=O)c2ccc(N3CCOCC3)nc2)cc1. The van der Waals surface area contributed by atoms with Crippen LogP contribution in [-0.4, -0.2) is 56.4 Å². The molecule has 0 bridgehead atoms. The van der Waals surface area contributed by atoms with Crippen molar-refractivity contribution in [3.8, 4) is 5.75 Å². The number of benzene rings is 1. The fourth-order valence-corrected chi connectivity index (χ4v) is 3.31. The van der Waals surface area contributed by atoms with Crippen LogP contribution in [-0.2, 0) is 14.3 Å². The number of hydrogen-bond donors (Lipinski definition) is 1. The van der Waals surface area contributed by atoms with E-state index < -0.39 is 6.04 Å². The van der Waals surface area contributed by atoms with Crippen LogP contribution in [0.5, 0.6) is 5.75 Å². The van der Waals surface area contributed by atoms with E-state index in [1.165, 1.54) is 0 Å². The largest absolute Gasteiger partial charge is 0.497 e. The second-order valence-corrected chi connectivity index (χ2v) is 7.55. The molecule has 1 aromatic heterocycles. The minimum Gasteiger partial charge on any atom is -0.497 e. The fraction of sp³-hybridized carbons (Fsp3) is 0.435. The van der Waals surface area contributed by atoms with Gasteiger partial charge in [0.15, 0.2) is 0 Å². The van der Waals surface area contributed by atoms with Gasteiger partial charge in [-0.2, -0.15) is 0 Å². The lowest BCUT2D eigenvalue weighted by molar-refractivity contribution is -0.147. The van der Waals surface area contributed by atoms with Crippen LogP contribution in [0.3, 0.4) is 0 Å². The van der Waals surface area contributed by atoms with Crippen LogP contribution >= 0.6 is 0 Å². The molecule has 1 amide bonds. The Morgan fingerprint density at radius 3 is 2.42 bits per heavy atom. The third kappa shape index (κ3) is 6.42. The number of carbonyl (C=O) groups is 2. The normalized spacial score (nSPS) is 14.8. The van der Waals surface area contributed by atoms with Gasteiger partial charge in [0.05, 0.1) is 44.5 Å². The molecule has 0 radical (unpaired) electrons. The summed E-state index contributed by atoms with van der Waals surface area (Å²) in [6.45, 7) is 6.47. The number of ether oxygens (including phenoxy) is 3. The molecule has 1 aromatic carbocycles. The van der Waals surface area contributed by atoms with Gasteiger partial charge in [-0.1, -0.05) is 12.1 Å². The average molecular weight is 428 g/mol. The Morgan fingerprint density at radius 2 is 1.84 bits per heavy atom. The monoisotopic (exact) mass is 427 g/mol. The Bertz CT molecular complexity index is 862. The van der Waals surface area contributed by atoms with Crippen molar-refractivity contribution in [1.82, 2.24) is 10.3 Å². The summed E-state index contributed by atoms with van der Waals surface area (Å²) in [5.41, 5.74) is 1.21. The van der Waals surface area contributed by atoms with Crippen LogP contribution in [0, 0.1) is 0 Å². The van der Waals surface area contributed by atoms with E-state index in [1.54, 1.807) is 45.4 Å². The predicted octanol–water partition coefficient (Wildman–Crippen LogP) is 2.74. The number of aromatic nitrogens is 1. The van der Waals surface area contributed by atoms with Gasteiger partial charge in [0.1, 0.15) is 11.6 Å². The van der Waals surface area contributed by atoms with Crippen LogP contribution in [0.1, 0.15) is 42.2 Å². The molecule has 3 rings (SSSR count). The average Bonchev–Trinajstić information content (AvgIpc) is 2.79. The van der Waals surface area contributed by atoms with E-state index >= 15 is 0 Å². The number of pyridine rings is 1. The van der Waals surface area contributed by atoms with Gasteiger partial charge in [0.2, 0.25) is 0 Å². The molecule has 1 atom stereocenters. The Morgan fingerprint density at radius 1 is 1.13 bits per heavy atom. The smallest absolute Gasteiger partial charge is 0.308 e. The molecule has 2 aromatic rings. The molecule has 0 saturated carbocycles. The minimum absolute atomic E-state index is 0.0234. The van der Waals surface area contributed by atoms with Crippen LogP contribution < -0.4 is 15.0 Å². The van der Waals surface area contributed by atoms with Crippen LogP contribution in [0.25, 0.3) is 0 Å². The van der Waals surface area contributed by atoms with Gasteiger partial charge >= 0.3 is 5.97 Å². The highest BCUT2D eigenvalue weighted by molar-refractivity contribution is 5.94. The molecule has 1 aliphatic heterocycles. The Labute approximate surface area is 182 Å². The van der Waals surface area contributed by atoms with E-state index in [0.29, 0.717) is 24.5 Å². The molecule has 31 heavy (non-hydrogen) atoms. The molecular weight excluding hydrogens is 398 g/mol. The number of methoxy groups -OCH3 is 1. The Balaban J connectivity index is 1.72. The summed E-state index contributed by atoms with van der Waals surface area (Å²) in [5.74, 6) is 0.824. The van der Waals surface area contributed by atoms with Gasteiger partial charge in [-0.05, 0) is 43.7 Å². The highest BCUT2D eigenvalue weighted by Crippen LogP contribution is 2.22. The van der Waals surface area contributed by atoms with Gasteiger partial charge in [0.25, 0.3) is 5.91 Å². The fourth-order valence-electron chi connectivity index (χ4n) is 3.31. The number of esters is 1. The second kappa shape index (κ2) is 10.8. The molecule has 0 unspecified atom stereocenters. The lowest BCUT2D eigenvalue weighted by Gasteiger charge is -2.27. The molecule has 8 nitrogen and oxygen atoms in total. The second-order valence-electron chi connectivity index (χ2n) is 7.55. The standard InChI is InChI=1S/C23H29N3O5/c1-16(2)31-22(27)14-20(17-4-7-19(29-3)8-5-17)25-23(28)18-6-9-21(24-15-18)26-10-12-30-13-11-26/h4-9,15-16,20H,10-14H2,1-3H3,(H,25,28)/t20-/m1/s1. The van der Waals surface area contributed by atoms with Crippen molar-refractivity contribution >= 4 is 17.7 Å². The molecule has 166 valence electrons. The number of hydrogen-bond acceptors (Lipinski definition) is 7. The summed E-state index contributed by atoms with van der Waals surface area (Å²) < 4.78 is 15.8. The van der Waals surface area contributed by atoms with Crippen molar-refractivity contribution in [2.45, 2.75) is 32.4 Å². The van der Waals surface area contributed by atoms with E-state index in [-0.39, 0.29) is 24.4 Å². The summed E-state index contributed by atoms with van der Waals surface area (Å²) >= 11 is 0. The number of rotatable bonds is 8. The molecule has 0 aliphatic carbocycles. The Kier molecular flexibility index (Phi) is 7.83. The highest BCUT2D eigenvalue weighted by Gasteiger charge is 2.21. The summed E-state index contributed by atoms with van der Waals surface area (Å²) in [4.78, 5) is 31.7. The third-order valence-corrected chi connectivity index (χ3v) is 4.91. The first-order chi connectivity index (χ1) is 15.0. The van der Waals surface area contributed by atoms with Gasteiger partial charge in [0, 0.05) is 19.3 Å². The predicted molar refractivity (Wildman–Crippen MR) is 116 cm³/mol. The molecule has 1 aliphatic rings. The number of morpholine rings is 1. The first kappa shape index (κ1) is 22.6. The summed E-state index contributed by atoms with van der Waals surface area (Å²) in [6.07, 6.45) is 1.35. The van der Waals surface area contributed by atoms with Crippen molar-refractivity contribution in [2.24, 2.45) is 0 Å². The molecule has 8 heteroatoms. The lowest BCUT2D eigenvalue weighted by atomic mass is 10.0. The van der Waals surface area contributed by atoms with E-state index in [9.17, 15) is 9.59 Å². The zero-order valence-electron chi connectivity index (χ0n) is 18.2. The van der Waals surface area contributed by atoms with Gasteiger partial charge < -0.3 is 24.4 Å². The maximum Gasteiger partial charge on any atom is 0.308 e. The van der Waals surface area contributed by atoms with Crippen LogP contribution in [0.2, 0.25) is 0 Å². The zero-order chi connectivity index (χ0) is 22.2. The lowest BCUT2D eigenvalue weighted by Crippen LogP contribution is -2.36. The number of nitrogens with one attached hydrogen (secondary N) is 1. The summed E-state index contributed by atoms with van der Waals surface area (Å²) in [6, 6.07) is 10.3. The van der Waals surface area contributed by atoms with Gasteiger partial charge in [-0.3, -0.25) is 9.59 Å².